The van der Waals surface area contributed by atoms with Gasteiger partial charge in [0.25, 0.3) is 0 Å². The Bertz CT molecular complexity index is 801. The number of rotatable bonds is 6. The van der Waals surface area contributed by atoms with E-state index >= 15 is 0 Å². The van der Waals surface area contributed by atoms with E-state index in [2.05, 4.69) is 10.1 Å². The highest BCUT2D eigenvalue weighted by Crippen LogP contribution is 2.55. The third kappa shape index (κ3) is 5.80. The Morgan fingerprint density at radius 3 is 2.64 bits per heavy atom. The Balaban J connectivity index is 2.12. The van der Waals surface area contributed by atoms with E-state index in [1.54, 1.807) is 13.8 Å². The second-order valence-electron chi connectivity index (χ2n) is 6.85. The van der Waals surface area contributed by atoms with Crippen molar-refractivity contribution >= 4 is 19.7 Å². The summed E-state index contributed by atoms with van der Waals surface area (Å²) >= 11 is 0. The summed E-state index contributed by atoms with van der Waals surface area (Å²) in [6.45, 7) is 3.71. The minimum absolute atomic E-state index is 0.00525. The van der Waals surface area contributed by atoms with Gasteiger partial charge in [0.15, 0.2) is 6.10 Å². The monoisotopic (exact) mass is 410 g/mol. The number of carbonyl (C=O) groups excluding carboxylic acids is 2. The van der Waals surface area contributed by atoms with Crippen molar-refractivity contribution in [3.8, 4) is 11.8 Å². The first-order valence-corrected chi connectivity index (χ1v) is 10.1. The van der Waals surface area contributed by atoms with Gasteiger partial charge in [-0.2, -0.15) is 5.26 Å². The highest BCUT2D eigenvalue weighted by molar-refractivity contribution is 7.49. The number of esters is 1. The molecule has 10 heteroatoms. The number of hydrogen-bond acceptors (Lipinski definition) is 8. The number of amides is 1. The standard InChI is InChI=1S/C18H23N2O7P/c1-18(2)9-11-25-28(23,26-14-6-4-13(12-19)5-7-14)27-16(18)17(22)20-10-8-15(21)24-3/h4-7,16H,8-11H2,1-3H3,(H,20,22)/t16-,28?/m0/s1. The predicted molar refractivity (Wildman–Crippen MR) is 98.3 cm³/mol. The van der Waals surface area contributed by atoms with Crippen molar-refractivity contribution in [2.75, 3.05) is 20.3 Å². The molecule has 0 saturated carbocycles. The first-order valence-electron chi connectivity index (χ1n) is 8.66. The van der Waals surface area contributed by atoms with Crippen LogP contribution in [0.4, 0.5) is 0 Å². The van der Waals surface area contributed by atoms with Gasteiger partial charge < -0.3 is 14.6 Å². The summed E-state index contributed by atoms with van der Waals surface area (Å²) in [6, 6.07) is 7.90. The molecular formula is C18H23N2O7P. The second kappa shape index (κ2) is 9.20. The van der Waals surface area contributed by atoms with Gasteiger partial charge in [-0.25, -0.2) is 4.57 Å². The van der Waals surface area contributed by atoms with Crippen molar-refractivity contribution in [2.24, 2.45) is 5.41 Å². The maximum absolute atomic E-state index is 13.0. The largest absolute Gasteiger partial charge is 0.530 e. The molecular weight excluding hydrogens is 387 g/mol. The molecule has 2 atom stereocenters. The zero-order valence-corrected chi connectivity index (χ0v) is 16.9. The minimum atomic E-state index is -4.08. The van der Waals surface area contributed by atoms with Crippen molar-refractivity contribution in [1.29, 1.82) is 5.26 Å². The van der Waals surface area contributed by atoms with Crippen LogP contribution in [0.3, 0.4) is 0 Å². The average Bonchev–Trinajstić information content (AvgIpc) is 2.77. The fourth-order valence-electron chi connectivity index (χ4n) is 2.51. The van der Waals surface area contributed by atoms with Crippen LogP contribution in [0.2, 0.25) is 0 Å². The molecule has 1 unspecified atom stereocenters. The Hall–Kier alpha value is -2.40. The van der Waals surface area contributed by atoms with Crippen molar-refractivity contribution in [3.63, 3.8) is 0 Å². The van der Waals surface area contributed by atoms with Crippen LogP contribution in [0.1, 0.15) is 32.3 Å². The van der Waals surface area contributed by atoms with Crippen LogP contribution < -0.4 is 9.84 Å². The Morgan fingerprint density at radius 1 is 1.36 bits per heavy atom. The van der Waals surface area contributed by atoms with Gasteiger partial charge in [-0.3, -0.25) is 18.6 Å². The molecule has 1 fully saturated rings. The van der Waals surface area contributed by atoms with Gasteiger partial charge in [0, 0.05) is 12.0 Å². The lowest BCUT2D eigenvalue weighted by Crippen LogP contribution is -2.45. The Morgan fingerprint density at radius 2 is 2.04 bits per heavy atom. The first kappa shape index (κ1) is 21.9. The molecule has 28 heavy (non-hydrogen) atoms. The lowest BCUT2D eigenvalue weighted by molar-refractivity contribution is -0.140. The molecule has 1 aliphatic rings. The molecule has 2 rings (SSSR count). The highest BCUT2D eigenvalue weighted by Gasteiger charge is 2.46. The van der Waals surface area contributed by atoms with Gasteiger partial charge in [0.05, 0.1) is 31.8 Å². The van der Waals surface area contributed by atoms with E-state index < -0.39 is 31.2 Å². The molecule has 0 spiro atoms. The van der Waals surface area contributed by atoms with Crippen LogP contribution in [0.15, 0.2) is 24.3 Å². The van der Waals surface area contributed by atoms with Crippen LogP contribution in [0.5, 0.6) is 5.75 Å². The number of phosphoric acid groups is 1. The molecule has 1 aromatic carbocycles. The lowest BCUT2D eigenvalue weighted by atomic mass is 9.83. The van der Waals surface area contributed by atoms with Crippen molar-refractivity contribution < 1.29 is 32.5 Å². The van der Waals surface area contributed by atoms with E-state index in [-0.39, 0.29) is 25.3 Å². The molecule has 1 amide bonds. The molecule has 152 valence electrons. The number of nitrogens with zero attached hydrogens (tertiary/aromatic N) is 1. The zero-order chi connectivity index (χ0) is 20.8. The quantitative estimate of drug-likeness (QED) is 0.560. The number of ether oxygens (including phenoxy) is 1. The van der Waals surface area contributed by atoms with Gasteiger partial charge >= 0.3 is 13.8 Å². The lowest BCUT2D eigenvalue weighted by Gasteiger charge is -2.30. The summed E-state index contributed by atoms with van der Waals surface area (Å²) < 4.78 is 33.8. The molecule has 1 saturated heterocycles. The van der Waals surface area contributed by atoms with Crippen LogP contribution in [0, 0.1) is 16.7 Å². The summed E-state index contributed by atoms with van der Waals surface area (Å²) in [7, 11) is -2.82. The van der Waals surface area contributed by atoms with Crippen molar-refractivity contribution in [1.82, 2.24) is 5.32 Å². The number of nitrogens with one attached hydrogen (secondary N) is 1. The highest BCUT2D eigenvalue weighted by atomic mass is 31.2. The second-order valence-corrected chi connectivity index (χ2v) is 8.40. The number of phosphoric ester groups is 1. The van der Waals surface area contributed by atoms with E-state index in [4.69, 9.17) is 18.8 Å². The summed E-state index contributed by atoms with van der Waals surface area (Å²) in [5, 5.41) is 11.4. The average molecular weight is 410 g/mol. The molecule has 0 aliphatic carbocycles. The van der Waals surface area contributed by atoms with Gasteiger partial charge in [-0.05, 0) is 30.7 Å². The maximum Gasteiger partial charge on any atom is 0.530 e. The summed E-state index contributed by atoms with van der Waals surface area (Å²) in [5.41, 5.74) is -0.271. The fourth-order valence-corrected chi connectivity index (χ4v) is 4.00. The first-order chi connectivity index (χ1) is 13.2. The van der Waals surface area contributed by atoms with Gasteiger partial charge in [-0.1, -0.05) is 13.8 Å². The van der Waals surface area contributed by atoms with Crippen molar-refractivity contribution in [3.05, 3.63) is 29.8 Å². The van der Waals surface area contributed by atoms with Crippen LogP contribution in [0.25, 0.3) is 0 Å². The number of hydrogen-bond donors (Lipinski definition) is 1. The Labute approximate surface area is 163 Å². The molecule has 0 bridgehead atoms. The fraction of sp³-hybridized carbons (Fsp3) is 0.500. The van der Waals surface area contributed by atoms with Crippen LogP contribution in [-0.2, 0) is 27.9 Å². The SMILES string of the molecule is COC(=O)CCNC(=O)[C@@H]1OP(=O)(Oc2ccc(C#N)cc2)OCCC1(C)C. The third-order valence-corrected chi connectivity index (χ3v) is 5.64. The van der Waals surface area contributed by atoms with E-state index in [0.29, 0.717) is 12.0 Å². The normalized spacial score (nSPS) is 23.7. The number of methoxy groups -OCH3 is 1. The minimum Gasteiger partial charge on any atom is -0.469 e. The Kier molecular flexibility index (Phi) is 7.19. The van der Waals surface area contributed by atoms with Gasteiger partial charge in [0.1, 0.15) is 5.75 Å². The molecule has 1 aliphatic heterocycles. The molecule has 0 aromatic heterocycles. The maximum atomic E-state index is 13.0. The number of benzene rings is 1. The summed E-state index contributed by atoms with van der Waals surface area (Å²) in [6.07, 6.45) is -0.703. The van der Waals surface area contributed by atoms with Crippen molar-refractivity contribution in [2.45, 2.75) is 32.8 Å². The third-order valence-electron chi connectivity index (χ3n) is 4.23. The zero-order valence-electron chi connectivity index (χ0n) is 16.0. The van der Waals surface area contributed by atoms with Crippen LogP contribution in [-0.4, -0.2) is 38.2 Å². The predicted octanol–water partition coefficient (Wildman–Crippen LogP) is 2.56. The molecule has 1 aromatic rings. The smallest absolute Gasteiger partial charge is 0.469 e. The van der Waals surface area contributed by atoms with Gasteiger partial charge in [0.2, 0.25) is 5.91 Å². The summed E-state index contributed by atoms with van der Waals surface area (Å²) in [5.74, 6) is -0.797. The summed E-state index contributed by atoms with van der Waals surface area (Å²) in [4.78, 5) is 23.8. The van der Waals surface area contributed by atoms with Crippen LogP contribution >= 0.6 is 7.82 Å². The molecule has 9 nitrogen and oxygen atoms in total. The molecule has 1 heterocycles. The van der Waals surface area contributed by atoms with E-state index in [9.17, 15) is 14.2 Å². The number of carbonyl (C=O) groups is 2. The van der Waals surface area contributed by atoms with E-state index in [0.717, 1.165) is 0 Å². The van der Waals surface area contributed by atoms with E-state index in [1.807, 2.05) is 6.07 Å². The number of nitriles is 1. The topological polar surface area (TPSA) is 124 Å². The van der Waals surface area contributed by atoms with E-state index in [1.165, 1.54) is 31.4 Å². The van der Waals surface area contributed by atoms with Gasteiger partial charge in [-0.15, -0.1) is 0 Å². The molecule has 0 radical (unpaired) electrons. The molecule has 1 N–H and O–H groups in total.